The molecule has 0 saturated heterocycles. The van der Waals surface area contributed by atoms with Gasteiger partial charge in [0.25, 0.3) is 0 Å². The molecule has 19 heavy (non-hydrogen) atoms. The molecule has 0 spiro atoms. The average molecular weight is 263 g/mol. The van der Waals surface area contributed by atoms with E-state index in [2.05, 4.69) is 41.0 Å². The predicted octanol–water partition coefficient (Wildman–Crippen LogP) is 0.296. The summed E-state index contributed by atoms with van der Waals surface area (Å²) in [6, 6.07) is -0.240. The number of ether oxygens (including phenoxy) is 1. The van der Waals surface area contributed by atoms with Crippen molar-refractivity contribution < 1.29 is 4.74 Å². The third-order valence-electron chi connectivity index (χ3n) is 3.32. The van der Waals surface area contributed by atoms with Crippen LogP contribution in [0.25, 0.3) is 12.2 Å². The van der Waals surface area contributed by atoms with Gasteiger partial charge in [-0.3, -0.25) is 0 Å². The molecular weight excluding hydrogens is 242 g/mol. The van der Waals surface area contributed by atoms with Crippen LogP contribution in [0.5, 0.6) is 0 Å². The number of hydrogen-bond acceptors (Lipinski definition) is 4. The fourth-order valence-electron chi connectivity index (χ4n) is 2.47. The van der Waals surface area contributed by atoms with Crippen LogP contribution >= 0.6 is 0 Å². The Hall–Kier alpha value is -1.46. The van der Waals surface area contributed by atoms with Gasteiger partial charge < -0.3 is 14.2 Å². The van der Waals surface area contributed by atoms with Crippen molar-refractivity contribution in [3.63, 3.8) is 0 Å². The fraction of sp³-hybridized carbons (Fsp3) is 0.571. The van der Waals surface area contributed by atoms with E-state index < -0.39 is 0 Å². The Bertz CT molecular complexity index is 560. The molecule has 5 heteroatoms. The summed E-state index contributed by atoms with van der Waals surface area (Å²) < 4.78 is 7.30. The molecule has 104 valence electrons. The first-order valence-electron chi connectivity index (χ1n) is 6.52. The molecule has 5 nitrogen and oxygen atoms in total. The lowest BCUT2D eigenvalue weighted by atomic mass is 10.1. The van der Waals surface area contributed by atoms with Gasteiger partial charge in [0.15, 0.2) is 0 Å². The molecule has 0 N–H and O–H groups in total. The average Bonchev–Trinajstić information content (AvgIpc) is 2.73. The summed E-state index contributed by atoms with van der Waals surface area (Å²) in [4.78, 5) is 12.9. The maximum Gasteiger partial charge on any atom is 0.116 e. The summed E-state index contributed by atoms with van der Waals surface area (Å²) >= 11 is 0. The van der Waals surface area contributed by atoms with Crippen molar-refractivity contribution in [1.82, 2.24) is 9.47 Å². The van der Waals surface area contributed by atoms with E-state index in [4.69, 9.17) is 4.74 Å². The SMILES string of the molecule is COCCn1cc(CN(C)C)c2c1=CC(N=O)CC=2. The number of methoxy groups -OCH3 is 1. The monoisotopic (exact) mass is 263 g/mol. The molecule has 0 bridgehead atoms. The van der Waals surface area contributed by atoms with Crippen molar-refractivity contribution in [3.05, 3.63) is 27.2 Å². The summed E-state index contributed by atoms with van der Waals surface area (Å²) in [5.41, 5.74) is 1.29. The number of fused-ring (bicyclic) bond motifs is 1. The second-order valence-corrected chi connectivity index (χ2v) is 5.16. The number of aromatic nitrogens is 1. The first kappa shape index (κ1) is 14.0. The van der Waals surface area contributed by atoms with E-state index in [-0.39, 0.29) is 6.04 Å². The zero-order valence-corrected chi connectivity index (χ0v) is 11.8. The molecule has 0 fully saturated rings. The molecule has 1 aromatic rings. The predicted molar refractivity (Wildman–Crippen MR) is 76.1 cm³/mol. The Balaban J connectivity index is 2.45. The van der Waals surface area contributed by atoms with Crippen LogP contribution in [0, 0.1) is 4.91 Å². The van der Waals surface area contributed by atoms with Gasteiger partial charge >= 0.3 is 0 Å². The molecule has 0 saturated carbocycles. The smallest absolute Gasteiger partial charge is 0.116 e. The van der Waals surface area contributed by atoms with Crippen LogP contribution in [-0.2, 0) is 17.8 Å². The van der Waals surface area contributed by atoms with E-state index in [1.807, 2.05) is 6.08 Å². The second kappa shape index (κ2) is 6.12. The molecule has 0 amide bonds. The molecule has 1 unspecified atom stereocenters. The lowest BCUT2D eigenvalue weighted by Crippen LogP contribution is -2.36. The van der Waals surface area contributed by atoms with Gasteiger partial charge in [0.1, 0.15) is 6.04 Å². The molecule has 0 radical (unpaired) electrons. The maximum absolute atomic E-state index is 10.7. The molecule has 1 aromatic heterocycles. The Morgan fingerprint density at radius 3 is 2.95 bits per heavy atom. The highest BCUT2D eigenvalue weighted by atomic mass is 16.5. The standard InChI is InChI=1S/C14H21N3O2/c1-16(2)9-11-10-17(6-7-19-3)14-8-12(15-18)4-5-13(11)14/h5,8,10,12H,4,6-7,9H2,1-3H3. The van der Waals surface area contributed by atoms with Gasteiger partial charge in [-0.25, -0.2) is 0 Å². The largest absolute Gasteiger partial charge is 0.383 e. The number of nitroso groups, excluding NO2 is 1. The van der Waals surface area contributed by atoms with Crippen molar-refractivity contribution in [2.75, 3.05) is 27.8 Å². The summed E-state index contributed by atoms with van der Waals surface area (Å²) in [5, 5.41) is 5.49. The van der Waals surface area contributed by atoms with Crippen molar-refractivity contribution in [2.24, 2.45) is 5.18 Å². The molecular formula is C14H21N3O2. The molecule has 1 aliphatic carbocycles. The van der Waals surface area contributed by atoms with Gasteiger partial charge in [-0.2, -0.15) is 4.91 Å². The van der Waals surface area contributed by atoms with Crippen LogP contribution in [0.1, 0.15) is 12.0 Å². The van der Waals surface area contributed by atoms with Crippen molar-refractivity contribution >= 4 is 12.2 Å². The molecule has 1 atom stereocenters. The minimum atomic E-state index is -0.240. The number of hydrogen-bond donors (Lipinski definition) is 0. The first-order chi connectivity index (χ1) is 9.15. The highest BCUT2D eigenvalue weighted by Crippen LogP contribution is 2.06. The second-order valence-electron chi connectivity index (χ2n) is 5.16. The van der Waals surface area contributed by atoms with E-state index in [0.717, 1.165) is 18.4 Å². The molecule has 2 rings (SSSR count). The topological polar surface area (TPSA) is 46.8 Å². The minimum Gasteiger partial charge on any atom is -0.383 e. The van der Waals surface area contributed by atoms with E-state index in [1.54, 1.807) is 7.11 Å². The Morgan fingerprint density at radius 2 is 2.32 bits per heavy atom. The van der Waals surface area contributed by atoms with E-state index in [9.17, 15) is 4.91 Å². The van der Waals surface area contributed by atoms with Crippen LogP contribution in [-0.4, -0.2) is 43.3 Å². The maximum atomic E-state index is 10.7. The van der Waals surface area contributed by atoms with Gasteiger partial charge in [0, 0.05) is 31.7 Å². The van der Waals surface area contributed by atoms with Crippen LogP contribution in [0.15, 0.2) is 11.4 Å². The third-order valence-corrected chi connectivity index (χ3v) is 3.32. The lowest BCUT2D eigenvalue weighted by Gasteiger charge is -2.08. The minimum absolute atomic E-state index is 0.240. The van der Waals surface area contributed by atoms with Crippen molar-refractivity contribution in [3.8, 4) is 0 Å². The quantitative estimate of drug-likeness (QED) is 0.693. The summed E-state index contributed by atoms with van der Waals surface area (Å²) in [6.07, 6.45) is 6.95. The molecule has 0 aromatic carbocycles. The highest BCUT2D eigenvalue weighted by molar-refractivity contribution is 5.44. The van der Waals surface area contributed by atoms with Crippen LogP contribution < -0.4 is 10.6 Å². The number of rotatable bonds is 6. The van der Waals surface area contributed by atoms with Crippen molar-refractivity contribution in [1.29, 1.82) is 0 Å². The highest BCUT2D eigenvalue weighted by Gasteiger charge is 2.13. The van der Waals surface area contributed by atoms with Crippen molar-refractivity contribution in [2.45, 2.75) is 25.6 Å². The van der Waals surface area contributed by atoms with E-state index >= 15 is 0 Å². The van der Waals surface area contributed by atoms with Crippen LogP contribution in [0.4, 0.5) is 0 Å². The third kappa shape index (κ3) is 3.11. The fourth-order valence-corrected chi connectivity index (χ4v) is 2.47. The Morgan fingerprint density at radius 1 is 1.53 bits per heavy atom. The zero-order valence-electron chi connectivity index (χ0n) is 11.8. The summed E-state index contributed by atoms with van der Waals surface area (Å²) in [7, 11) is 5.81. The van der Waals surface area contributed by atoms with E-state index in [1.165, 1.54) is 10.8 Å². The van der Waals surface area contributed by atoms with Gasteiger partial charge in [-0.15, -0.1) is 0 Å². The van der Waals surface area contributed by atoms with Gasteiger partial charge in [0.2, 0.25) is 0 Å². The summed E-state index contributed by atoms with van der Waals surface area (Å²) in [6.45, 7) is 2.35. The molecule has 1 aliphatic rings. The molecule has 1 heterocycles. The Labute approximate surface area is 113 Å². The number of nitrogens with zero attached hydrogens (tertiary/aromatic N) is 3. The normalized spacial score (nSPS) is 17.8. The van der Waals surface area contributed by atoms with Gasteiger partial charge in [-0.05, 0) is 37.4 Å². The van der Waals surface area contributed by atoms with Crippen LogP contribution in [0.3, 0.4) is 0 Å². The Kier molecular flexibility index (Phi) is 4.50. The molecule has 0 aliphatic heterocycles. The van der Waals surface area contributed by atoms with Crippen LogP contribution in [0.2, 0.25) is 0 Å². The summed E-state index contributed by atoms with van der Waals surface area (Å²) in [5.74, 6) is 0. The zero-order chi connectivity index (χ0) is 13.8. The van der Waals surface area contributed by atoms with Gasteiger partial charge in [0.05, 0.1) is 6.61 Å². The lowest BCUT2D eigenvalue weighted by molar-refractivity contribution is 0.186. The first-order valence-corrected chi connectivity index (χ1v) is 6.52. The van der Waals surface area contributed by atoms with Gasteiger partial charge in [-0.1, -0.05) is 11.3 Å². The van der Waals surface area contributed by atoms with E-state index in [0.29, 0.717) is 13.0 Å².